The first-order chi connectivity index (χ1) is 12.3. The summed E-state index contributed by atoms with van der Waals surface area (Å²) in [5.41, 5.74) is 0. The zero-order valence-corrected chi connectivity index (χ0v) is 15.3. The molecule has 2 aliphatic heterocycles. The maximum Gasteiger partial charge on any atom is 0.236 e. The number of carbonyl (C=O) groups is 1. The highest BCUT2D eigenvalue weighted by atomic mass is 16.5. The van der Waals surface area contributed by atoms with Crippen molar-refractivity contribution in [3.8, 4) is 0 Å². The average Bonchev–Trinajstić information content (AvgIpc) is 2.68. The number of piperidine rings is 1. The van der Waals surface area contributed by atoms with E-state index in [-0.39, 0.29) is 5.91 Å². The van der Waals surface area contributed by atoms with Crippen molar-refractivity contribution in [2.75, 3.05) is 63.9 Å². The summed E-state index contributed by atoms with van der Waals surface area (Å²) in [6.45, 7) is 9.67. The lowest BCUT2D eigenvalue weighted by atomic mass is 9.98. The van der Waals surface area contributed by atoms with Crippen molar-refractivity contribution in [1.29, 1.82) is 0 Å². The van der Waals surface area contributed by atoms with Crippen LogP contribution in [0.3, 0.4) is 0 Å². The molecule has 0 N–H and O–H groups in total. The Hall–Kier alpha value is -1.66. The van der Waals surface area contributed by atoms with Crippen LogP contribution in [0.15, 0.2) is 24.4 Å². The molecule has 2 saturated heterocycles. The van der Waals surface area contributed by atoms with Crippen LogP contribution in [0.5, 0.6) is 0 Å². The quantitative estimate of drug-likeness (QED) is 0.781. The lowest BCUT2D eigenvalue weighted by Gasteiger charge is -2.37. The molecule has 1 aromatic heterocycles. The van der Waals surface area contributed by atoms with E-state index in [0.717, 1.165) is 71.1 Å². The third-order valence-corrected chi connectivity index (χ3v) is 5.23. The predicted molar refractivity (Wildman–Crippen MR) is 98.7 cm³/mol. The number of pyridine rings is 1. The fourth-order valence-corrected chi connectivity index (χ4v) is 3.60. The van der Waals surface area contributed by atoms with Crippen molar-refractivity contribution in [3.63, 3.8) is 0 Å². The van der Waals surface area contributed by atoms with Crippen molar-refractivity contribution in [1.82, 2.24) is 14.8 Å². The van der Waals surface area contributed by atoms with Crippen LogP contribution in [0.25, 0.3) is 0 Å². The number of carbonyl (C=O) groups excluding carboxylic acids is 1. The van der Waals surface area contributed by atoms with Crippen LogP contribution in [0.1, 0.15) is 19.8 Å². The van der Waals surface area contributed by atoms with Gasteiger partial charge in [-0.1, -0.05) is 6.07 Å². The number of aromatic nitrogens is 1. The van der Waals surface area contributed by atoms with Gasteiger partial charge in [-0.05, 0) is 37.8 Å². The molecule has 3 rings (SSSR count). The second-order valence-electron chi connectivity index (χ2n) is 6.93. The van der Waals surface area contributed by atoms with Crippen molar-refractivity contribution in [3.05, 3.63) is 24.4 Å². The minimum absolute atomic E-state index is 0.279. The third-order valence-electron chi connectivity index (χ3n) is 5.23. The van der Waals surface area contributed by atoms with Gasteiger partial charge in [-0.25, -0.2) is 4.98 Å². The van der Waals surface area contributed by atoms with Crippen LogP contribution >= 0.6 is 0 Å². The largest absolute Gasteiger partial charge is 0.381 e. The van der Waals surface area contributed by atoms with Crippen molar-refractivity contribution in [2.24, 2.45) is 5.92 Å². The number of piperazine rings is 1. The Labute approximate surface area is 150 Å². The molecule has 0 aliphatic carbocycles. The van der Waals surface area contributed by atoms with E-state index in [2.05, 4.69) is 14.8 Å². The fraction of sp³-hybridized carbons (Fsp3) is 0.684. The summed E-state index contributed by atoms with van der Waals surface area (Å²) in [6.07, 6.45) is 3.97. The Morgan fingerprint density at radius 1 is 1.16 bits per heavy atom. The van der Waals surface area contributed by atoms with Crippen LogP contribution in [-0.2, 0) is 9.53 Å². The highest BCUT2D eigenvalue weighted by molar-refractivity contribution is 5.78. The second kappa shape index (κ2) is 9.15. The molecule has 0 spiro atoms. The van der Waals surface area contributed by atoms with E-state index in [4.69, 9.17) is 4.74 Å². The molecular formula is C19H30N4O2. The van der Waals surface area contributed by atoms with E-state index in [0.29, 0.717) is 12.5 Å². The molecule has 0 atom stereocenters. The number of anilines is 1. The van der Waals surface area contributed by atoms with E-state index in [1.807, 2.05) is 36.2 Å². The van der Waals surface area contributed by atoms with Gasteiger partial charge >= 0.3 is 0 Å². The fourth-order valence-electron chi connectivity index (χ4n) is 3.60. The summed E-state index contributed by atoms with van der Waals surface area (Å²) in [5.74, 6) is 1.93. The normalized spacial score (nSPS) is 20.0. The second-order valence-corrected chi connectivity index (χ2v) is 6.93. The van der Waals surface area contributed by atoms with Gasteiger partial charge in [0.1, 0.15) is 5.82 Å². The first kappa shape index (κ1) is 18.1. The Balaban J connectivity index is 1.38. The highest BCUT2D eigenvalue weighted by Gasteiger charge is 2.25. The van der Waals surface area contributed by atoms with E-state index < -0.39 is 0 Å². The predicted octanol–water partition coefficient (Wildman–Crippen LogP) is 1.48. The molecule has 1 aromatic rings. The number of nitrogens with zero attached hydrogens (tertiary/aromatic N) is 4. The van der Waals surface area contributed by atoms with Gasteiger partial charge < -0.3 is 14.5 Å². The first-order valence-corrected chi connectivity index (χ1v) is 9.50. The summed E-state index contributed by atoms with van der Waals surface area (Å²) in [7, 11) is 0. The van der Waals surface area contributed by atoms with Gasteiger partial charge in [0.25, 0.3) is 0 Å². The molecule has 6 heteroatoms. The number of amides is 1. The number of hydrogen-bond donors (Lipinski definition) is 0. The molecule has 0 bridgehead atoms. The van der Waals surface area contributed by atoms with Gasteiger partial charge in [-0.3, -0.25) is 9.69 Å². The highest BCUT2D eigenvalue weighted by Crippen LogP contribution is 2.18. The number of rotatable bonds is 6. The topological polar surface area (TPSA) is 48.9 Å². The number of likely N-dealkylation sites (tertiary alicyclic amines) is 1. The van der Waals surface area contributed by atoms with Crippen LogP contribution in [-0.4, -0.2) is 79.7 Å². The zero-order valence-electron chi connectivity index (χ0n) is 15.3. The molecule has 1 amide bonds. The van der Waals surface area contributed by atoms with Crippen LogP contribution in [0, 0.1) is 5.92 Å². The molecule has 25 heavy (non-hydrogen) atoms. The third kappa shape index (κ3) is 5.16. The first-order valence-electron chi connectivity index (χ1n) is 9.50. The minimum atomic E-state index is 0.279. The van der Waals surface area contributed by atoms with E-state index in [1.54, 1.807) is 0 Å². The number of hydrogen-bond acceptors (Lipinski definition) is 5. The molecule has 2 aliphatic rings. The van der Waals surface area contributed by atoms with Crippen LogP contribution < -0.4 is 4.90 Å². The van der Waals surface area contributed by atoms with Crippen LogP contribution in [0.2, 0.25) is 0 Å². The summed E-state index contributed by atoms with van der Waals surface area (Å²) in [5, 5.41) is 0. The monoisotopic (exact) mass is 346 g/mol. The van der Waals surface area contributed by atoms with Gasteiger partial charge in [0.05, 0.1) is 6.54 Å². The molecule has 0 radical (unpaired) electrons. The van der Waals surface area contributed by atoms with Crippen molar-refractivity contribution < 1.29 is 9.53 Å². The Morgan fingerprint density at radius 3 is 2.56 bits per heavy atom. The van der Waals surface area contributed by atoms with Crippen LogP contribution in [0.4, 0.5) is 5.82 Å². The molecule has 138 valence electrons. The smallest absolute Gasteiger partial charge is 0.236 e. The summed E-state index contributed by atoms with van der Waals surface area (Å²) in [4.78, 5) is 23.6. The van der Waals surface area contributed by atoms with Gasteiger partial charge in [0.15, 0.2) is 0 Å². The Morgan fingerprint density at radius 2 is 1.92 bits per heavy atom. The summed E-state index contributed by atoms with van der Waals surface area (Å²) in [6, 6.07) is 6.01. The van der Waals surface area contributed by atoms with E-state index in [9.17, 15) is 4.79 Å². The number of ether oxygens (including phenoxy) is 1. The minimum Gasteiger partial charge on any atom is -0.381 e. The SMILES string of the molecule is CCOCC1CCN(C(=O)CN2CCN(c3ccccn3)CC2)CC1. The molecular weight excluding hydrogens is 316 g/mol. The lowest BCUT2D eigenvalue weighted by molar-refractivity contribution is -0.134. The Bertz CT molecular complexity index is 523. The van der Waals surface area contributed by atoms with Crippen molar-refractivity contribution >= 4 is 11.7 Å². The molecule has 0 unspecified atom stereocenters. The molecule has 3 heterocycles. The van der Waals surface area contributed by atoms with Gasteiger partial charge in [0, 0.05) is 58.7 Å². The zero-order chi connectivity index (χ0) is 17.5. The molecule has 0 saturated carbocycles. The van der Waals surface area contributed by atoms with Gasteiger partial charge in [-0.15, -0.1) is 0 Å². The Kier molecular flexibility index (Phi) is 6.64. The standard InChI is InChI=1S/C19H30N4O2/c1-2-25-16-17-6-9-23(10-7-17)19(24)15-21-11-13-22(14-12-21)18-5-3-4-8-20-18/h3-5,8,17H,2,6-7,9-16H2,1H3. The van der Waals surface area contributed by atoms with Crippen molar-refractivity contribution in [2.45, 2.75) is 19.8 Å². The average molecular weight is 346 g/mol. The summed E-state index contributed by atoms with van der Waals surface area (Å²) >= 11 is 0. The summed E-state index contributed by atoms with van der Waals surface area (Å²) < 4.78 is 5.52. The van der Waals surface area contributed by atoms with E-state index >= 15 is 0 Å². The maximum absolute atomic E-state index is 12.6. The van der Waals surface area contributed by atoms with Gasteiger partial charge in [-0.2, -0.15) is 0 Å². The van der Waals surface area contributed by atoms with E-state index in [1.165, 1.54) is 0 Å². The molecule has 0 aromatic carbocycles. The van der Waals surface area contributed by atoms with Gasteiger partial charge in [0.2, 0.25) is 5.91 Å². The molecule has 2 fully saturated rings. The lowest BCUT2D eigenvalue weighted by Crippen LogP contribution is -2.51. The maximum atomic E-state index is 12.6. The molecule has 6 nitrogen and oxygen atoms in total.